The van der Waals surface area contributed by atoms with Crippen molar-refractivity contribution in [2.24, 2.45) is 0 Å². The fraction of sp³-hybridized carbons (Fsp3) is 0.111. The van der Waals surface area contributed by atoms with E-state index < -0.39 is 0 Å². The largest absolute Gasteiger partial charge is 0.437 e. The van der Waals surface area contributed by atoms with Gasteiger partial charge in [-0.3, -0.25) is 9.48 Å². The summed E-state index contributed by atoms with van der Waals surface area (Å²) >= 11 is 6.14. The minimum absolute atomic E-state index is 0.0110. The predicted molar refractivity (Wildman–Crippen MR) is 105 cm³/mol. The molecule has 144 valence electrons. The van der Waals surface area contributed by atoms with E-state index in [1.165, 1.54) is 12.3 Å². The Bertz CT molecular complexity index is 991. The van der Waals surface area contributed by atoms with Crippen LogP contribution in [0.2, 0.25) is 5.02 Å². The number of aliphatic hydroxyl groups is 1. The zero-order valence-corrected chi connectivity index (χ0v) is 15.4. The SMILES string of the molecule is C=CC(=O)Nc1cccc(Oc2nc(Nc3cnn(CCO)c3)ncc2Cl)c1. The van der Waals surface area contributed by atoms with Crippen molar-refractivity contribution in [2.75, 3.05) is 17.2 Å². The maximum Gasteiger partial charge on any atom is 0.247 e. The molecule has 3 rings (SSSR count). The van der Waals surface area contributed by atoms with Crippen molar-refractivity contribution >= 4 is 34.8 Å². The normalized spacial score (nSPS) is 10.4. The number of rotatable bonds is 8. The zero-order valence-electron chi connectivity index (χ0n) is 14.7. The van der Waals surface area contributed by atoms with Gasteiger partial charge >= 0.3 is 0 Å². The number of ether oxygens (including phenoxy) is 1. The van der Waals surface area contributed by atoms with Crippen LogP contribution in [-0.2, 0) is 11.3 Å². The topological polar surface area (TPSA) is 114 Å². The van der Waals surface area contributed by atoms with Gasteiger partial charge in [0.1, 0.15) is 10.8 Å². The number of aromatic nitrogens is 4. The Morgan fingerprint density at radius 3 is 3.00 bits per heavy atom. The summed E-state index contributed by atoms with van der Waals surface area (Å²) < 4.78 is 7.32. The van der Waals surface area contributed by atoms with Crippen molar-refractivity contribution < 1.29 is 14.6 Å². The van der Waals surface area contributed by atoms with Gasteiger partial charge in [-0.15, -0.1) is 0 Å². The molecule has 0 bridgehead atoms. The first-order valence-corrected chi connectivity index (χ1v) is 8.59. The molecule has 2 heterocycles. The lowest BCUT2D eigenvalue weighted by Gasteiger charge is -2.10. The van der Waals surface area contributed by atoms with Crippen molar-refractivity contribution in [3.05, 3.63) is 60.5 Å². The summed E-state index contributed by atoms with van der Waals surface area (Å²) in [5.41, 5.74) is 1.19. The maximum atomic E-state index is 11.4. The first-order valence-electron chi connectivity index (χ1n) is 8.21. The van der Waals surface area contributed by atoms with E-state index in [1.807, 2.05) is 0 Å². The number of carbonyl (C=O) groups is 1. The van der Waals surface area contributed by atoms with E-state index in [0.717, 1.165) is 0 Å². The van der Waals surface area contributed by atoms with Crippen LogP contribution < -0.4 is 15.4 Å². The number of nitrogens with zero attached hydrogens (tertiary/aromatic N) is 4. The van der Waals surface area contributed by atoms with E-state index in [9.17, 15) is 4.79 Å². The molecular weight excluding hydrogens is 384 g/mol. The molecule has 2 aromatic heterocycles. The molecule has 0 saturated heterocycles. The van der Waals surface area contributed by atoms with Gasteiger partial charge in [-0.2, -0.15) is 10.1 Å². The van der Waals surface area contributed by atoms with Crippen molar-refractivity contribution in [3.63, 3.8) is 0 Å². The molecule has 3 N–H and O–H groups in total. The van der Waals surface area contributed by atoms with Crippen LogP contribution in [0.3, 0.4) is 0 Å². The van der Waals surface area contributed by atoms with Crippen LogP contribution in [0.15, 0.2) is 55.5 Å². The second-order valence-electron chi connectivity index (χ2n) is 5.51. The first-order chi connectivity index (χ1) is 13.6. The van der Waals surface area contributed by atoms with Crippen molar-refractivity contribution in [2.45, 2.75) is 6.54 Å². The van der Waals surface area contributed by atoms with Gasteiger partial charge in [0.25, 0.3) is 0 Å². The van der Waals surface area contributed by atoms with Crippen LogP contribution in [0.4, 0.5) is 17.3 Å². The standard InChI is InChI=1S/C18H17ClN6O3/c1-2-16(27)22-12-4-3-5-14(8-12)28-17-15(19)10-20-18(24-17)23-13-9-21-25(11-13)6-7-26/h2-5,8-11,26H,1,6-7H2,(H,22,27)(H,20,23,24). The Morgan fingerprint density at radius 1 is 1.36 bits per heavy atom. The fourth-order valence-corrected chi connectivity index (χ4v) is 2.34. The maximum absolute atomic E-state index is 11.4. The van der Waals surface area contributed by atoms with Gasteiger partial charge in [0.2, 0.25) is 17.7 Å². The highest BCUT2D eigenvalue weighted by Gasteiger charge is 2.10. The molecule has 0 aliphatic heterocycles. The van der Waals surface area contributed by atoms with Crippen LogP contribution in [0.1, 0.15) is 0 Å². The Balaban J connectivity index is 1.75. The van der Waals surface area contributed by atoms with Crippen molar-refractivity contribution in [3.8, 4) is 11.6 Å². The smallest absolute Gasteiger partial charge is 0.247 e. The molecule has 0 aliphatic carbocycles. The number of benzene rings is 1. The van der Waals surface area contributed by atoms with E-state index in [-0.39, 0.29) is 29.4 Å². The van der Waals surface area contributed by atoms with Crippen LogP contribution >= 0.6 is 11.6 Å². The van der Waals surface area contributed by atoms with Gasteiger partial charge in [-0.1, -0.05) is 24.2 Å². The Morgan fingerprint density at radius 2 is 2.21 bits per heavy atom. The average Bonchev–Trinajstić information content (AvgIpc) is 3.12. The van der Waals surface area contributed by atoms with Crippen molar-refractivity contribution in [1.29, 1.82) is 0 Å². The highest BCUT2D eigenvalue weighted by Crippen LogP contribution is 2.29. The molecule has 0 atom stereocenters. The van der Waals surface area contributed by atoms with E-state index in [2.05, 4.69) is 32.3 Å². The molecule has 0 unspecified atom stereocenters. The predicted octanol–water partition coefficient (Wildman–Crippen LogP) is 2.98. The zero-order chi connectivity index (χ0) is 19.9. The second-order valence-corrected chi connectivity index (χ2v) is 5.92. The number of halogens is 1. The van der Waals surface area contributed by atoms with E-state index in [4.69, 9.17) is 21.4 Å². The monoisotopic (exact) mass is 400 g/mol. The molecular formula is C18H17ClN6O3. The molecule has 0 saturated carbocycles. The lowest BCUT2D eigenvalue weighted by Crippen LogP contribution is -2.07. The summed E-state index contributed by atoms with van der Waals surface area (Å²) in [4.78, 5) is 19.8. The number of hydrogen-bond acceptors (Lipinski definition) is 7. The third-order valence-corrected chi connectivity index (χ3v) is 3.69. The minimum Gasteiger partial charge on any atom is -0.437 e. The molecule has 1 amide bonds. The van der Waals surface area contributed by atoms with Crippen molar-refractivity contribution in [1.82, 2.24) is 19.7 Å². The minimum atomic E-state index is -0.328. The quantitative estimate of drug-likeness (QED) is 0.498. The fourth-order valence-electron chi connectivity index (χ4n) is 2.21. The van der Waals surface area contributed by atoms with Gasteiger partial charge in [0.15, 0.2) is 0 Å². The molecule has 9 nitrogen and oxygen atoms in total. The summed E-state index contributed by atoms with van der Waals surface area (Å²) in [5.74, 6) is 0.516. The van der Waals surface area contributed by atoms with Gasteiger partial charge in [0.05, 0.1) is 31.2 Å². The van der Waals surface area contributed by atoms with Crippen LogP contribution in [0.25, 0.3) is 0 Å². The van der Waals surface area contributed by atoms with Gasteiger partial charge in [0, 0.05) is 18.0 Å². The summed E-state index contributed by atoms with van der Waals surface area (Å²) in [5, 5.41) is 18.9. The molecule has 28 heavy (non-hydrogen) atoms. The number of hydrogen-bond donors (Lipinski definition) is 3. The lowest BCUT2D eigenvalue weighted by atomic mass is 10.3. The number of nitrogens with one attached hydrogen (secondary N) is 2. The molecule has 0 aliphatic rings. The molecule has 1 aromatic carbocycles. The summed E-state index contributed by atoms with van der Waals surface area (Å²) in [6.07, 6.45) is 5.88. The third kappa shape index (κ3) is 5.06. The lowest BCUT2D eigenvalue weighted by molar-refractivity contribution is -0.111. The van der Waals surface area contributed by atoms with E-state index >= 15 is 0 Å². The number of aliphatic hydroxyl groups excluding tert-OH is 1. The molecule has 0 radical (unpaired) electrons. The van der Waals surface area contributed by atoms with Crippen LogP contribution in [0.5, 0.6) is 11.6 Å². The van der Waals surface area contributed by atoms with E-state index in [1.54, 1.807) is 41.3 Å². The number of carbonyl (C=O) groups excluding carboxylic acids is 1. The van der Waals surface area contributed by atoms with Gasteiger partial charge in [-0.25, -0.2) is 4.98 Å². The second kappa shape index (κ2) is 8.98. The van der Waals surface area contributed by atoms with Gasteiger partial charge in [-0.05, 0) is 18.2 Å². The summed E-state index contributed by atoms with van der Waals surface area (Å²) in [7, 11) is 0. The molecule has 3 aromatic rings. The number of amides is 1. The number of anilines is 3. The third-order valence-electron chi connectivity index (χ3n) is 3.43. The highest BCUT2D eigenvalue weighted by molar-refractivity contribution is 6.31. The van der Waals surface area contributed by atoms with Crippen LogP contribution in [-0.4, -0.2) is 37.4 Å². The molecule has 10 heteroatoms. The highest BCUT2D eigenvalue weighted by atomic mass is 35.5. The Labute approximate surface area is 165 Å². The Kier molecular flexibility index (Phi) is 6.20. The average molecular weight is 401 g/mol. The molecule has 0 spiro atoms. The summed E-state index contributed by atoms with van der Waals surface area (Å²) in [6, 6.07) is 6.77. The van der Waals surface area contributed by atoms with Crippen LogP contribution in [0, 0.1) is 0 Å². The summed E-state index contributed by atoms with van der Waals surface area (Å²) in [6.45, 7) is 3.79. The first kappa shape index (κ1) is 19.3. The molecule has 0 fully saturated rings. The van der Waals surface area contributed by atoms with E-state index in [0.29, 0.717) is 23.7 Å². The Hall–Kier alpha value is -3.43. The van der Waals surface area contributed by atoms with Gasteiger partial charge < -0.3 is 20.5 Å².